The molecular formula is C15H14FN3O3S. The third-order valence-corrected chi connectivity index (χ3v) is 4.57. The minimum Gasteiger partial charge on any atom is -0.361 e. The minimum absolute atomic E-state index is 0.0370. The summed E-state index contributed by atoms with van der Waals surface area (Å²) in [6, 6.07) is 4.50. The van der Waals surface area contributed by atoms with Crippen LogP contribution in [0.1, 0.15) is 12.0 Å². The van der Waals surface area contributed by atoms with Crippen molar-refractivity contribution in [3.8, 4) is 0 Å². The predicted molar refractivity (Wildman–Crippen MR) is 84.5 cm³/mol. The van der Waals surface area contributed by atoms with Crippen molar-refractivity contribution in [2.45, 2.75) is 18.1 Å². The molecule has 1 aliphatic heterocycles. The second-order valence-electron chi connectivity index (χ2n) is 5.19. The normalized spacial score (nSPS) is 17.5. The monoisotopic (exact) mass is 335 g/mol. The Balaban J connectivity index is 1.52. The Hall–Kier alpha value is -2.35. The van der Waals surface area contributed by atoms with E-state index < -0.39 is 16.4 Å². The topological polar surface area (TPSA) is 91.1 Å². The smallest absolute Gasteiger partial charge is 0.286 e. The van der Waals surface area contributed by atoms with E-state index >= 15 is 0 Å². The molecule has 3 N–H and O–H groups in total. The molecule has 2 heterocycles. The van der Waals surface area contributed by atoms with Crippen LogP contribution in [0.15, 0.2) is 24.4 Å². The number of nitrogens with one attached hydrogen (secondary N) is 3. The maximum atomic E-state index is 13.3. The molecule has 1 atom stereocenters. The van der Waals surface area contributed by atoms with E-state index in [2.05, 4.69) is 15.6 Å². The van der Waals surface area contributed by atoms with Gasteiger partial charge in [0, 0.05) is 30.1 Å². The lowest BCUT2D eigenvalue weighted by atomic mass is 10.1. The Morgan fingerprint density at radius 3 is 2.91 bits per heavy atom. The van der Waals surface area contributed by atoms with Crippen LogP contribution in [0.5, 0.6) is 0 Å². The van der Waals surface area contributed by atoms with Crippen molar-refractivity contribution in [1.29, 1.82) is 0 Å². The maximum absolute atomic E-state index is 13.3. The van der Waals surface area contributed by atoms with Crippen LogP contribution in [0.2, 0.25) is 0 Å². The van der Waals surface area contributed by atoms with Crippen molar-refractivity contribution < 1.29 is 18.8 Å². The second kappa shape index (κ2) is 6.41. The van der Waals surface area contributed by atoms with Crippen LogP contribution in [0, 0.1) is 5.82 Å². The molecule has 1 fully saturated rings. The van der Waals surface area contributed by atoms with E-state index in [1.807, 2.05) is 0 Å². The van der Waals surface area contributed by atoms with E-state index in [-0.39, 0.29) is 18.1 Å². The molecule has 1 saturated heterocycles. The van der Waals surface area contributed by atoms with Crippen LogP contribution >= 0.6 is 11.8 Å². The Kier molecular flexibility index (Phi) is 4.33. The highest BCUT2D eigenvalue weighted by Gasteiger charge is 2.33. The number of amides is 3. The van der Waals surface area contributed by atoms with Gasteiger partial charge in [0.15, 0.2) is 0 Å². The summed E-state index contributed by atoms with van der Waals surface area (Å²) in [5.41, 5.74) is 1.74. The van der Waals surface area contributed by atoms with Crippen molar-refractivity contribution >= 4 is 39.7 Å². The Bertz CT molecular complexity index is 789. The van der Waals surface area contributed by atoms with Crippen LogP contribution in [0.25, 0.3) is 10.9 Å². The molecule has 23 heavy (non-hydrogen) atoms. The van der Waals surface area contributed by atoms with Crippen LogP contribution in [0.3, 0.4) is 0 Å². The molecule has 1 unspecified atom stereocenters. The number of carbonyl (C=O) groups excluding carboxylic acids is 3. The summed E-state index contributed by atoms with van der Waals surface area (Å²) >= 11 is 0.830. The largest absolute Gasteiger partial charge is 0.361 e. The molecule has 120 valence electrons. The fourth-order valence-corrected chi connectivity index (χ4v) is 3.28. The van der Waals surface area contributed by atoms with Crippen molar-refractivity contribution in [3.05, 3.63) is 35.8 Å². The van der Waals surface area contributed by atoms with Gasteiger partial charge in [0.05, 0.1) is 0 Å². The van der Waals surface area contributed by atoms with E-state index in [0.717, 1.165) is 28.2 Å². The van der Waals surface area contributed by atoms with Gasteiger partial charge in [0.25, 0.3) is 5.24 Å². The van der Waals surface area contributed by atoms with Crippen molar-refractivity contribution in [1.82, 2.24) is 15.6 Å². The number of aromatic nitrogens is 1. The molecule has 1 aromatic carbocycles. The number of fused-ring (bicyclic) bond motifs is 1. The standard InChI is InChI=1S/C15H14FN3O3S/c16-9-1-2-11-10(5-9)8(7-18-11)3-4-17-13(20)6-12-14(21)19-15(22)23-12/h1-2,5,7,12,18H,3-4,6H2,(H,17,20)(H,19,21,22). The van der Waals surface area contributed by atoms with E-state index in [9.17, 15) is 18.8 Å². The Morgan fingerprint density at radius 1 is 1.35 bits per heavy atom. The third kappa shape index (κ3) is 3.53. The summed E-state index contributed by atoms with van der Waals surface area (Å²) in [6.07, 6.45) is 2.29. The molecule has 6 nitrogen and oxygen atoms in total. The molecule has 3 amide bonds. The molecule has 8 heteroatoms. The molecule has 0 saturated carbocycles. The zero-order valence-corrected chi connectivity index (χ0v) is 12.8. The molecule has 3 rings (SSSR count). The number of H-pyrrole nitrogens is 1. The summed E-state index contributed by atoms with van der Waals surface area (Å²) in [5.74, 6) is -1.03. The van der Waals surface area contributed by atoms with Gasteiger partial charge in [-0.25, -0.2) is 4.39 Å². The molecule has 0 radical (unpaired) electrons. The number of thioether (sulfide) groups is 1. The third-order valence-electron chi connectivity index (χ3n) is 3.58. The molecule has 1 aromatic heterocycles. The lowest BCUT2D eigenvalue weighted by Crippen LogP contribution is -2.32. The number of benzene rings is 1. The molecule has 2 aromatic rings. The quantitative estimate of drug-likeness (QED) is 0.776. The number of hydrogen-bond acceptors (Lipinski definition) is 4. The van der Waals surface area contributed by atoms with Crippen LogP contribution in [-0.2, 0) is 16.0 Å². The Morgan fingerprint density at radius 2 is 2.17 bits per heavy atom. The zero-order valence-electron chi connectivity index (χ0n) is 12.0. The highest BCUT2D eigenvalue weighted by atomic mass is 32.2. The number of hydrogen-bond donors (Lipinski definition) is 3. The second-order valence-corrected chi connectivity index (χ2v) is 6.37. The fourth-order valence-electron chi connectivity index (χ4n) is 2.46. The van der Waals surface area contributed by atoms with Crippen LogP contribution in [-0.4, -0.2) is 33.8 Å². The summed E-state index contributed by atoms with van der Waals surface area (Å²) in [6.45, 7) is 0.370. The lowest BCUT2D eigenvalue weighted by Gasteiger charge is -2.07. The van der Waals surface area contributed by atoms with Crippen molar-refractivity contribution in [3.63, 3.8) is 0 Å². The zero-order chi connectivity index (χ0) is 16.4. The summed E-state index contributed by atoms with van der Waals surface area (Å²) < 4.78 is 13.3. The summed E-state index contributed by atoms with van der Waals surface area (Å²) in [7, 11) is 0. The van der Waals surface area contributed by atoms with E-state index in [4.69, 9.17) is 0 Å². The van der Waals surface area contributed by atoms with E-state index in [1.165, 1.54) is 12.1 Å². The SMILES string of the molecule is O=C(CC1SC(=O)NC1=O)NCCc1c[nH]c2ccc(F)cc12. The van der Waals surface area contributed by atoms with Gasteiger partial charge < -0.3 is 10.3 Å². The maximum Gasteiger partial charge on any atom is 0.286 e. The Labute approximate surface area is 135 Å². The average Bonchev–Trinajstić information content (AvgIpc) is 3.02. The number of imide groups is 1. The van der Waals surface area contributed by atoms with Gasteiger partial charge in [-0.1, -0.05) is 11.8 Å². The van der Waals surface area contributed by atoms with E-state index in [0.29, 0.717) is 13.0 Å². The fraction of sp³-hybridized carbons (Fsp3) is 0.267. The first kappa shape index (κ1) is 15.5. The predicted octanol–water partition coefficient (Wildman–Crippen LogP) is 1.71. The van der Waals surface area contributed by atoms with Gasteiger partial charge >= 0.3 is 0 Å². The summed E-state index contributed by atoms with van der Waals surface area (Å²) in [5, 5.41) is 4.56. The van der Waals surface area contributed by atoms with Gasteiger partial charge in [-0.3, -0.25) is 19.7 Å². The van der Waals surface area contributed by atoms with Crippen LogP contribution < -0.4 is 10.6 Å². The molecule has 0 spiro atoms. The first-order valence-corrected chi connectivity index (χ1v) is 7.94. The molecule has 0 aliphatic carbocycles. The van der Waals surface area contributed by atoms with Gasteiger partial charge in [-0.2, -0.15) is 0 Å². The van der Waals surface area contributed by atoms with Crippen molar-refractivity contribution in [2.24, 2.45) is 0 Å². The number of aromatic amines is 1. The first-order valence-electron chi connectivity index (χ1n) is 7.06. The van der Waals surface area contributed by atoms with Crippen molar-refractivity contribution in [2.75, 3.05) is 6.54 Å². The average molecular weight is 335 g/mol. The minimum atomic E-state index is -0.662. The number of halogens is 1. The lowest BCUT2D eigenvalue weighted by molar-refractivity contribution is -0.125. The first-order chi connectivity index (χ1) is 11.0. The summed E-state index contributed by atoms with van der Waals surface area (Å²) in [4.78, 5) is 37.3. The molecule has 1 aliphatic rings. The van der Waals surface area contributed by atoms with Gasteiger partial charge in [0.2, 0.25) is 11.8 Å². The number of rotatable bonds is 5. The molecular weight excluding hydrogens is 321 g/mol. The van der Waals surface area contributed by atoms with Gasteiger partial charge in [0.1, 0.15) is 11.1 Å². The highest BCUT2D eigenvalue weighted by molar-refractivity contribution is 8.15. The highest BCUT2D eigenvalue weighted by Crippen LogP contribution is 2.22. The van der Waals surface area contributed by atoms with Crippen LogP contribution in [0.4, 0.5) is 9.18 Å². The molecule has 0 bridgehead atoms. The van der Waals surface area contributed by atoms with Gasteiger partial charge in [-0.05, 0) is 30.2 Å². The van der Waals surface area contributed by atoms with E-state index in [1.54, 1.807) is 12.3 Å². The van der Waals surface area contributed by atoms with Gasteiger partial charge in [-0.15, -0.1) is 0 Å². The number of carbonyl (C=O) groups is 3.